The Kier molecular flexibility index (Phi) is 16.3. The summed E-state index contributed by atoms with van der Waals surface area (Å²) in [5.41, 5.74) is 0. The second-order valence-corrected chi connectivity index (χ2v) is 8.44. The smallest absolute Gasteiger partial charge is 0.331 e. The van der Waals surface area contributed by atoms with E-state index in [1.807, 2.05) is 19.1 Å². The lowest BCUT2D eigenvalue weighted by Crippen LogP contribution is -2.16. The van der Waals surface area contributed by atoms with Crippen molar-refractivity contribution >= 4 is 17.9 Å². The van der Waals surface area contributed by atoms with E-state index in [9.17, 15) is 24.6 Å². The van der Waals surface area contributed by atoms with Crippen LogP contribution in [0.3, 0.4) is 0 Å². The maximum Gasteiger partial charge on any atom is 0.331 e. The summed E-state index contributed by atoms with van der Waals surface area (Å²) in [5.74, 6) is -2.16. The zero-order valence-corrected chi connectivity index (χ0v) is 20.8. The molecule has 4 atom stereocenters. The molecule has 1 aliphatic rings. The lowest BCUT2D eigenvalue weighted by atomic mass is 10.1. The zero-order valence-electron chi connectivity index (χ0n) is 20.8. The van der Waals surface area contributed by atoms with Gasteiger partial charge >= 0.3 is 17.9 Å². The lowest BCUT2D eigenvalue weighted by Gasteiger charge is -2.12. The molecule has 0 aromatic heterocycles. The van der Waals surface area contributed by atoms with Crippen LogP contribution in [0.25, 0.3) is 0 Å². The molecule has 1 aliphatic heterocycles. The summed E-state index contributed by atoms with van der Waals surface area (Å²) in [5, 5.41) is 28.9. The molecule has 0 amide bonds. The normalized spacial score (nSPS) is 30.5. The second-order valence-electron chi connectivity index (χ2n) is 8.44. The van der Waals surface area contributed by atoms with Crippen molar-refractivity contribution in [3.63, 3.8) is 0 Å². The van der Waals surface area contributed by atoms with Crippen LogP contribution < -0.4 is 0 Å². The zero-order chi connectivity index (χ0) is 26.6. The number of aliphatic hydroxyl groups excluding tert-OH is 2. The largest absolute Gasteiger partial charge is 0.481 e. The van der Waals surface area contributed by atoms with Crippen LogP contribution in [-0.2, 0) is 23.9 Å². The second kappa shape index (κ2) is 19.0. The van der Waals surface area contributed by atoms with E-state index in [4.69, 9.17) is 14.6 Å². The third kappa shape index (κ3) is 17.2. The van der Waals surface area contributed by atoms with E-state index < -0.39 is 36.2 Å². The van der Waals surface area contributed by atoms with Gasteiger partial charge in [0.1, 0.15) is 6.10 Å². The number of ether oxygens (including phenoxy) is 2. The average molecular weight is 503 g/mol. The Bertz CT molecular complexity index is 850. The van der Waals surface area contributed by atoms with Gasteiger partial charge in [0, 0.05) is 18.9 Å². The van der Waals surface area contributed by atoms with Crippen molar-refractivity contribution in [1.82, 2.24) is 0 Å². The molecule has 36 heavy (non-hydrogen) atoms. The van der Waals surface area contributed by atoms with E-state index in [-0.39, 0.29) is 25.4 Å². The number of aliphatic hydroxyl groups is 2. The highest BCUT2D eigenvalue weighted by atomic mass is 16.5. The Morgan fingerprint density at radius 1 is 0.972 bits per heavy atom. The van der Waals surface area contributed by atoms with Gasteiger partial charge in [-0.25, -0.2) is 4.79 Å². The van der Waals surface area contributed by atoms with Crippen molar-refractivity contribution in [3.05, 3.63) is 72.9 Å². The van der Waals surface area contributed by atoms with Gasteiger partial charge in [-0.15, -0.1) is 0 Å². The highest BCUT2D eigenvalue weighted by molar-refractivity contribution is 5.82. The predicted octanol–water partition coefficient (Wildman–Crippen LogP) is 4.11. The van der Waals surface area contributed by atoms with Gasteiger partial charge in [-0.1, -0.05) is 60.8 Å². The molecule has 0 unspecified atom stereocenters. The molecule has 0 fully saturated rings. The number of hydrogen-bond donors (Lipinski definition) is 3. The van der Waals surface area contributed by atoms with Crippen LogP contribution in [-0.4, -0.2) is 57.6 Å². The molecule has 0 bridgehead atoms. The van der Waals surface area contributed by atoms with Crippen LogP contribution in [0.5, 0.6) is 0 Å². The molecule has 8 nitrogen and oxygen atoms in total. The summed E-state index contributed by atoms with van der Waals surface area (Å²) in [6.07, 6.45) is 20.5. The monoisotopic (exact) mass is 502 g/mol. The maximum absolute atomic E-state index is 11.9. The van der Waals surface area contributed by atoms with Gasteiger partial charge in [-0.05, 0) is 38.7 Å². The summed E-state index contributed by atoms with van der Waals surface area (Å²) in [4.78, 5) is 34.6. The van der Waals surface area contributed by atoms with Crippen LogP contribution in [0.4, 0.5) is 0 Å². The quantitative estimate of drug-likeness (QED) is 0.490. The van der Waals surface area contributed by atoms with E-state index in [1.165, 1.54) is 6.08 Å². The third-order valence-electron chi connectivity index (χ3n) is 5.05. The van der Waals surface area contributed by atoms with E-state index >= 15 is 0 Å². The molecule has 0 aliphatic carbocycles. The van der Waals surface area contributed by atoms with Crippen LogP contribution in [0, 0.1) is 0 Å². The fourth-order valence-corrected chi connectivity index (χ4v) is 3.17. The van der Waals surface area contributed by atoms with Gasteiger partial charge in [0.05, 0.1) is 31.2 Å². The molecular weight excluding hydrogens is 464 g/mol. The van der Waals surface area contributed by atoms with Crippen LogP contribution >= 0.6 is 0 Å². The van der Waals surface area contributed by atoms with Crippen LogP contribution in [0.15, 0.2) is 72.9 Å². The first-order valence-electron chi connectivity index (χ1n) is 12.2. The fraction of sp³-hybridized carbons (Fsp3) is 0.464. The fourth-order valence-electron chi connectivity index (χ4n) is 3.17. The topological polar surface area (TPSA) is 130 Å². The molecule has 0 spiro atoms. The summed E-state index contributed by atoms with van der Waals surface area (Å²) >= 11 is 0. The lowest BCUT2D eigenvalue weighted by molar-refractivity contribution is -0.150. The van der Waals surface area contributed by atoms with Crippen LogP contribution in [0.2, 0.25) is 0 Å². The van der Waals surface area contributed by atoms with Crippen molar-refractivity contribution in [3.8, 4) is 0 Å². The third-order valence-corrected chi connectivity index (χ3v) is 5.05. The van der Waals surface area contributed by atoms with E-state index in [2.05, 4.69) is 0 Å². The minimum atomic E-state index is -1.08. The van der Waals surface area contributed by atoms with Crippen molar-refractivity contribution in [1.29, 1.82) is 0 Å². The molecule has 198 valence electrons. The van der Waals surface area contributed by atoms with Gasteiger partial charge in [-0.2, -0.15) is 0 Å². The maximum atomic E-state index is 11.9. The van der Waals surface area contributed by atoms with Gasteiger partial charge < -0.3 is 24.8 Å². The minimum Gasteiger partial charge on any atom is -0.481 e. The molecular formula is C28H38O8. The van der Waals surface area contributed by atoms with Crippen molar-refractivity contribution in [2.75, 3.05) is 0 Å². The number of cyclic esters (lactones) is 1. The first-order chi connectivity index (χ1) is 17.3. The van der Waals surface area contributed by atoms with Crippen molar-refractivity contribution < 1.29 is 39.2 Å². The van der Waals surface area contributed by atoms with Gasteiger partial charge in [0.2, 0.25) is 0 Å². The average Bonchev–Trinajstić information content (AvgIpc) is 2.80. The number of rotatable bonds is 4. The number of aliphatic carboxylic acids is 1. The Hall–Kier alpha value is -3.23. The Balaban J connectivity index is 2.86. The summed E-state index contributed by atoms with van der Waals surface area (Å²) < 4.78 is 10.7. The molecule has 0 radical (unpaired) electrons. The highest BCUT2D eigenvalue weighted by Gasteiger charge is 2.12. The number of carboxylic acids is 1. The van der Waals surface area contributed by atoms with E-state index in [1.54, 1.807) is 54.7 Å². The number of carbonyl (C=O) groups excluding carboxylic acids is 2. The number of hydrogen-bond acceptors (Lipinski definition) is 7. The standard InChI is InChI=1S/C28H38O8/c1-22-13-7-3-2-4-8-14-23(29)21-24(30)15-9-5-10-16-25(36-28(34)20-19-26(31)32)17-11-6-12-18-27(33)35-22/h2,4-6,8-12,14,16,18,22-25,29-30H,3,7,13,15,17,19-21H2,1H3,(H,31,32)/b4-2+,9-5-,11-6+,14-8+,16-10+,18-12+/t22-,23-,24-,25-/m1/s1. The molecule has 0 saturated heterocycles. The first kappa shape index (κ1) is 30.8. The number of carbonyl (C=O) groups is 3. The molecule has 1 rings (SSSR count). The first-order valence-corrected chi connectivity index (χ1v) is 12.2. The van der Waals surface area contributed by atoms with Gasteiger partial charge in [0.25, 0.3) is 0 Å². The van der Waals surface area contributed by atoms with E-state index in [0.717, 1.165) is 12.8 Å². The molecule has 0 saturated carbocycles. The summed E-state index contributed by atoms with van der Waals surface area (Å²) in [6.45, 7) is 1.83. The molecule has 1 heterocycles. The number of allylic oxidation sites excluding steroid dienone is 7. The van der Waals surface area contributed by atoms with E-state index in [0.29, 0.717) is 19.3 Å². The predicted molar refractivity (Wildman–Crippen MR) is 137 cm³/mol. The van der Waals surface area contributed by atoms with Crippen molar-refractivity contribution in [2.24, 2.45) is 0 Å². The summed E-state index contributed by atoms with van der Waals surface area (Å²) in [7, 11) is 0. The Labute approximate surface area is 213 Å². The summed E-state index contributed by atoms with van der Waals surface area (Å²) in [6, 6.07) is 0. The minimum absolute atomic E-state index is 0.198. The number of carboxylic acid groups (broad SMARTS) is 1. The Morgan fingerprint density at radius 3 is 2.44 bits per heavy atom. The Morgan fingerprint density at radius 2 is 1.67 bits per heavy atom. The molecule has 0 aromatic carbocycles. The molecule has 8 heteroatoms. The van der Waals surface area contributed by atoms with Gasteiger partial charge in [0.15, 0.2) is 0 Å². The highest BCUT2D eigenvalue weighted by Crippen LogP contribution is 2.09. The van der Waals surface area contributed by atoms with Crippen LogP contribution in [0.1, 0.15) is 58.3 Å². The van der Waals surface area contributed by atoms with Gasteiger partial charge in [-0.3, -0.25) is 9.59 Å². The number of esters is 2. The SMILES string of the molecule is C[C@@H]1CCC/C=C/C=C/[C@@H](O)C[C@H](O)C/C=C\C=C\[C@@H](OC(=O)CCC(=O)O)C/C=C/C=C/C(=O)O1. The molecule has 3 N–H and O–H groups in total. The van der Waals surface area contributed by atoms with Crippen molar-refractivity contribution in [2.45, 2.75) is 82.7 Å². The molecule has 0 aromatic rings.